The van der Waals surface area contributed by atoms with E-state index in [9.17, 15) is 15.0 Å². The molecule has 1 fully saturated rings. The largest absolute Gasteiger partial charge is 0.388 e. The molecule has 28 heavy (non-hydrogen) atoms. The van der Waals surface area contributed by atoms with Crippen LogP contribution in [0.5, 0.6) is 0 Å². The third-order valence-corrected chi connectivity index (χ3v) is 7.18. The van der Waals surface area contributed by atoms with Gasteiger partial charge in [-0.1, -0.05) is 25.6 Å². The minimum atomic E-state index is -1.33. The number of hydrogen-bond acceptors (Lipinski definition) is 7. The molecule has 0 spiro atoms. The van der Waals surface area contributed by atoms with Gasteiger partial charge in [-0.15, -0.1) is 13.2 Å². The number of aromatic nitrogens is 4. The quantitative estimate of drug-likeness (QED) is 0.472. The first-order valence-corrected chi connectivity index (χ1v) is 13.4. The monoisotopic (exact) mass is 428 g/mol. The van der Waals surface area contributed by atoms with Gasteiger partial charge < -0.3 is 19.9 Å². The minimum absolute atomic E-state index is 0.0330. The normalized spacial score (nSPS) is 26.8. The number of thioether (sulfide) groups is 1. The van der Waals surface area contributed by atoms with Gasteiger partial charge in [0.25, 0.3) is 5.56 Å². The molecular weight excluding hydrogens is 399 g/mol. The van der Waals surface area contributed by atoms with Crippen molar-refractivity contribution in [2.75, 3.05) is 25.2 Å². The fourth-order valence-corrected chi connectivity index (χ4v) is 6.30. The molecule has 1 aliphatic heterocycles. The molecule has 0 amide bonds. The van der Waals surface area contributed by atoms with E-state index in [1.165, 1.54) is 11.8 Å². The second-order valence-corrected chi connectivity index (χ2v) is 13.6. The van der Waals surface area contributed by atoms with Gasteiger partial charge in [-0.05, 0) is 38.1 Å². The van der Waals surface area contributed by atoms with Crippen molar-refractivity contribution in [3.05, 3.63) is 16.2 Å². The van der Waals surface area contributed by atoms with Gasteiger partial charge in [0.15, 0.2) is 22.5 Å². The number of aryl methyl sites for hydroxylation is 1. The van der Waals surface area contributed by atoms with Crippen LogP contribution in [0.2, 0.25) is 0 Å². The summed E-state index contributed by atoms with van der Waals surface area (Å²) in [5, 5.41) is 22.0. The van der Waals surface area contributed by atoms with Crippen molar-refractivity contribution < 1.29 is 14.9 Å². The third-order valence-electron chi connectivity index (χ3n) is 4.78. The van der Waals surface area contributed by atoms with Gasteiger partial charge in [0.05, 0.1) is 6.10 Å². The van der Waals surface area contributed by atoms with Crippen molar-refractivity contribution in [3.63, 3.8) is 0 Å². The summed E-state index contributed by atoms with van der Waals surface area (Å²) in [6.07, 6.45) is 1.51. The Bertz CT molecular complexity index is 968. The van der Waals surface area contributed by atoms with E-state index in [0.29, 0.717) is 16.6 Å². The molecule has 3 heterocycles. The summed E-state index contributed by atoms with van der Waals surface area (Å²) in [7, 11) is 0. The Morgan fingerprint density at radius 3 is 2.64 bits per heavy atom. The number of nitrogens with one attached hydrogen (secondary N) is 1. The summed E-state index contributed by atoms with van der Waals surface area (Å²) in [6.45, 7) is 8.62. The van der Waals surface area contributed by atoms with Gasteiger partial charge in [-0.25, -0.2) is 9.97 Å². The van der Waals surface area contributed by atoms with Crippen LogP contribution in [0.4, 0.5) is 0 Å². The zero-order chi connectivity index (χ0) is 20.8. The molecular formula is C18H29N4O4PS. The van der Waals surface area contributed by atoms with E-state index in [1.54, 1.807) is 11.5 Å². The molecule has 2 aromatic heterocycles. The number of aromatic amines is 1. The number of aliphatic hydroxyl groups is 2. The number of nitrogens with zero attached hydrogens (tertiary/aromatic N) is 3. The highest BCUT2D eigenvalue weighted by molar-refractivity contribution is 7.99. The van der Waals surface area contributed by atoms with Crippen LogP contribution in [0, 0.1) is 12.8 Å². The van der Waals surface area contributed by atoms with Gasteiger partial charge in [-0.3, -0.25) is 9.36 Å². The van der Waals surface area contributed by atoms with E-state index in [1.807, 2.05) is 13.8 Å². The summed E-state index contributed by atoms with van der Waals surface area (Å²) in [5.74, 6) is 1.21. The van der Waals surface area contributed by atoms with E-state index in [4.69, 9.17) is 4.74 Å². The van der Waals surface area contributed by atoms with E-state index < -0.39 is 31.4 Å². The molecule has 1 saturated heterocycles. The summed E-state index contributed by atoms with van der Waals surface area (Å²) in [4.78, 5) is 23.8. The van der Waals surface area contributed by atoms with Crippen LogP contribution < -0.4 is 5.56 Å². The number of aliphatic hydroxyl groups excluding tert-OH is 2. The highest BCUT2D eigenvalue weighted by Gasteiger charge is 2.47. The summed E-state index contributed by atoms with van der Waals surface area (Å²) in [5.41, 5.74) is 0.223. The van der Waals surface area contributed by atoms with E-state index in [-0.39, 0.29) is 17.0 Å². The van der Waals surface area contributed by atoms with E-state index >= 15 is 0 Å². The van der Waals surface area contributed by atoms with Crippen LogP contribution in [0.25, 0.3) is 11.2 Å². The van der Waals surface area contributed by atoms with Crippen molar-refractivity contribution in [2.24, 2.45) is 5.92 Å². The lowest BCUT2D eigenvalue weighted by molar-refractivity contribution is -0.0527. The molecule has 0 saturated carbocycles. The van der Waals surface area contributed by atoms with Gasteiger partial charge in [0, 0.05) is 0 Å². The molecule has 3 rings (SSSR count). The molecule has 10 heteroatoms. The lowest BCUT2D eigenvalue weighted by atomic mass is 10.0. The Kier molecular flexibility index (Phi) is 6.13. The lowest BCUT2D eigenvalue weighted by Crippen LogP contribution is -2.36. The zero-order valence-corrected chi connectivity index (χ0v) is 18.6. The number of fused-ring (bicyclic) bond motifs is 1. The Balaban J connectivity index is 2.05. The SMILES string of the molecule is C=P(C)(C)CC(C)[C@H]1O[C@@H](n2c(SCC)nc3c(=O)[nH]c(C)nc32)[C@H](O)[C@@H]1O. The molecule has 2 aromatic rings. The predicted octanol–water partition coefficient (Wildman–Crippen LogP) is 1.50. The van der Waals surface area contributed by atoms with E-state index in [2.05, 4.69) is 34.6 Å². The fraction of sp³-hybridized carbons (Fsp3) is 0.667. The maximum atomic E-state index is 12.3. The maximum absolute atomic E-state index is 12.3. The maximum Gasteiger partial charge on any atom is 0.279 e. The number of H-pyrrole nitrogens is 1. The average molecular weight is 428 g/mol. The second-order valence-electron chi connectivity index (χ2n) is 8.09. The fourth-order valence-electron chi connectivity index (χ4n) is 3.79. The van der Waals surface area contributed by atoms with Crippen molar-refractivity contribution in [1.82, 2.24) is 19.5 Å². The van der Waals surface area contributed by atoms with Crippen LogP contribution >= 0.6 is 18.6 Å². The van der Waals surface area contributed by atoms with Crippen LogP contribution in [0.15, 0.2) is 9.95 Å². The number of imidazole rings is 1. The number of hydrogen-bond donors (Lipinski definition) is 3. The zero-order valence-electron chi connectivity index (χ0n) is 16.9. The molecule has 1 aliphatic rings. The molecule has 3 N–H and O–H groups in total. The van der Waals surface area contributed by atoms with Crippen molar-refractivity contribution >= 4 is 36.1 Å². The number of ether oxygens (including phenoxy) is 1. The molecule has 1 unspecified atom stereocenters. The molecule has 0 aromatic carbocycles. The van der Waals surface area contributed by atoms with Gasteiger partial charge in [0.2, 0.25) is 0 Å². The summed E-state index contributed by atoms with van der Waals surface area (Å²) < 4.78 is 7.81. The number of rotatable bonds is 6. The first-order valence-electron chi connectivity index (χ1n) is 9.34. The van der Waals surface area contributed by atoms with Crippen LogP contribution in [-0.2, 0) is 4.74 Å². The second kappa shape index (κ2) is 7.95. The van der Waals surface area contributed by atoms with Crippen molar-refractivity contribution in [1.29, 1.82) is 0 Å². The van der Waals surface area contributed by atoms with Gasteiger partial charge >= 0.3 is 0 Å². The summed E-state index contributed by atoms with van der Waals surface area (Å²) in [6, 6.07) is 0. The Morgan fingerprint density at radius 1 is 1.36 bits per heavy atom. The highest BCUT2D eigenvalue weighted by atomic mass is 32.2. The topological polar surface area (TPSA) is 113 Å². The Labute approximate surface area is 168 Å². The van der Waals surface area contributed by atoms with Crippen molar-refractivity contribution in [3.8, 4) is 0 Å². The Morgan fingerprint density at radius 2 is 2.04 bits per heavy atom. The smallest absolute Gasteiger partial charge is 0.279 e. The molecule has 156 valence electrons. The van der Waals surface area contributed by atoms with Crippen molar-refractivity contribution in [2.45, 2.75) is 50.5 Å². The standard InChI is InChI=1S/C18H29N4O4PS/c1-7-28-18-21-11-15(19-10(3)20-16(11)25)22(18)17-13(24)12(23)14(26-17)9(2)8-27(4,5)6/h9,12-14,17,23-24H,4,7-8H2,1-3,5-6H3,(H,19,20,25)/t9?,12-,13+,14+,17+/m0/s1. The van der Waals surface area contributed by atoms with Crippen LogP contribution in [0.1, 0.15) is 25.9 Å². The van der Waals surface area contributed by atoms with E-state index in [0.717, 1.165) is 11.9 Å². The molecule has 8 nitrogen and oxygen atoms in total. The first-order chi connectivity index (χ1) is 13.0. The minimum Gasteiger partial charge on any atom is -0.388 e. The Hall–Kier alpha value is -1.12. The van der Waals surface area contributed by atoms with Crippen LogP contribution in [-0.4, -0.2) is 79.6 Å². The lowest BCUT2D eigenvalue weighted by Gasteiger charge is -2.26. The van der Waals surface area contributed by atoms with Gasteiger partial charge in [-0.2, -0.15) is 0 Å². The molecule has 0 bridgehead atoms. The third kappa shape index (κ3) is 4.09. The average Bonchev–Trinajstić information content (AvgIpc) is 3.05. The first kappa shape index (κ1) is 21.6. The highest BCUT2D eigenvalue weighted by Crippen LogP contribution is 2.43. The molecule has 5 atom stereocenters. The van der Waals surface area contributed by atoms with Crippen LogP contribution in [0.3, 0.4) is 0 Å². The molecule has 0 radical (unpaired) electrons. The predicted molar refractivity (Wildman–Crippen MR) is 115 cm³/mol. The summed E-state index contributed by atoms with van der Waals surface area (Å²) >= 11 is 1.43. The molecule has 0 aliphatic carbocycles. The van der Waals surface area contributed by atoms with Gasteiger partial charge in [0.1, 0.15) is 18.0 Å².